The van der Waals surface area contributed by atoms with Gasteiger partial charge in [0.1, 0.15) is 0 Å². The van der Waals surface area contributed by atoms with E-state index in [1.54, 1.807) is 6.07 Å². The van der Waals surface area contributed by atoms with Crippen LogP contribution in [0.3, 0.4) is 0 Å². The Morgan fingerprint density at radius 2 is 2.12 bits per heavy atom. The summed E-state index contributed by atoms with van der Waals surface area (Å²) in [6.07, 6.45) is 0.765. The normalized spacial score (nSPS) is 10.5. The first-order chi connectivity index (χ1) is 8.29. The van der Waals surface area contributed by atoms with Crippen LogP contribution in [0.1, 0.15) is 18.9 Å². The Hall–Kier alpha value is -1.13. The average Bonchev–Trinajstić information content (AvgIpc) is 2.32. The van der Waals surface area contributed by atoms with Crippen molar-refractivity contribution in [3.05, 3.63) is 29.6 Å². The van der Waals surface area contributed by atoms with Gasteiger partial charge in [0.15, 0.2) is 11.6 Å². The molecule has 0 bridgehead atoms. The molecule has 96 valence electrons. The van der Waals surface area contributed by atoms with Gasteiger partial charge in [-0.3, -0.25) is 0 Å². The highest BCUT2D eigenvalue weighted by molar-refractivity contribution is 5.34. The molecule has 1 aromatic carbocycles. The van der Waals surface area contributed by atoms with Gasteiger partial charge in [-0.25, -0.2) is 4.39 Å². The summed E-state index contributed by atoms with van der Waals surface area (Å²) in [6, 6.07) is 4.96. The summed E-state index contributed by atoms with van der Waals surface area (Å²) in [6.45, 7) is 4.36. The predicted molar refractivity (Wildman–Crippen MR) is 65.8 cm³/mol. The van der Waals surface area contributed by atoms with Crippen molar-refractivity contribution in [1.29, 1.82) is 0 Å². The zero-order valence-corrected chi connectivity index (χ0v) is 10.5. The molecule has 0 saturated heterocycles. The summed E-state index contributed by atoms with van der Waals surface area (Å²) in [7, 11) is 1.82. The van der Waals surface area contributed by atoms with Gasteiger partial charge in [0.25, 0.3) is 0 Å². The highest BCUT2D eigenvalue weighted by Gasteiger charge is 2.08. The maximum absolute atomic E-state index is 13.6. The summed E-state index contributed by atoms with van der Waals surface area (Å²) < 4.78 is 24.2. The molecule has 17 heavy (non-hydrogen) atoms. The molecule has 0 heterocycles. The molecule has 1 N–H and O–H groups in total. The van der Waals surface area contributed by atoms with Crippen molar-refractivity contribution < 1.29 is 13.9 Å². The lowest BCUT2D eigenvalue weighted by Crippen LogP contribution is -2.10. The topological polar surface area (TPSA) is 30.5 Å². The second-order valence-electron chi connectivity index (χ2n) is 3.66. The summed E-state index contributed by atoms with van der Waals surface area (Å²) in [5.74, 6) is 0.0347. The third-order valence-corrected chi connectivity index (χ3v) is 2.30. The van der Waals surface area contributed by atoms with Gasteiger partial charge < -0.3 is 14.8 Å². The zero-order chi connectivity index (χ0) is 12.5. The second kappa shape index (κ2) is 8.03. The van der Waals surface area contributed by atoms with Crippen molar-refractivity contribution in [2.45, 2.75) is 19.9 Å². The maximum atomic E-state index is 13.6. The van der Waals surface area contributed by atoms with Gasteiger partial charge in [-0.15, -0.1) is 0 Å². The van der Waals surface area contributed by atoms with Crippen LogP contribution in [-0.2, 0) is 11.3 Å². The SMILES string of the molecule is CCOCCCOc1c(F)cccc1CNC. The van der Waals surface area contributed by atoms with E-state index < -0.39 is 0 Å². The minimum absolute atomic E-state index is 0.311. The molecule has 4 heteroatoms. The van der Waals surface area contributed by atoms with Crippen LogP contribution < -0.4 is 10.1 Å². The van der Waals surface area contributed by atoms with Crippen molar-refractivity contribution in [2.24, 2.45) is 0 Å². The summed E-state index contributed by atoms with van der Waals surface area (Å²) in [4.78, 5) is 0. The molecule has 3 nitrogen and oxygen atoms in total. The molecule has 0 atom stereocenters. The fourth-order valence-corrected chi connectivity index (χ4v) is 1.52. The van der Waals surface area contributed by atoms with Crippen molar-refractivity contribution in [3.8, 4) is 5.75 Å². The van der Waals surface area contributed by atoms with Gasteiger partial charge in [-0.1, -0.05) is 12.1 Å². The first-order valence-corrected chi connectivity index (χ1v) is 5.92. The van der Waals surface area contributed by atoms with E-state index in [9.17, 15) is 4.39 Å². The Bertz CT molecular complexity index is 331. The van der Waals surface area contributed by atoms with E-state index in [4.69, 9.17) is 9.47 Å². The van der Waals surface area contributed by atoms with Crippen LogP contribution in [0.5, 0.6) is 5.75 Å². The maximum Gasteiger partial charge on any atom is 0.165 e. The van der Waals surface area contributed by atoms with Crippen LogP contribution in [0.2, 0.25) is 0 Å². The largest absolute Gasteiger partial charge is 0.490 e. The van der Waals surface area contributed by atoms with E-state index >= 15 is 0 Å². The smallest absolute Gasteiger partial charge is 0.165 e. The molecule has 0 aliphatic heterocycles. The van der Waals surface area contributed by atoms with E-state index in [-0.39, 0.29) is 5.82 Å². The monoisotopic (exact) mass is 241 g/mol. The Morgan fingerprint density at radius 3 is 2.82 bits per heavy atom. The molecule has 0 unspecified atom stereocenters. The van der Waals surface area contributed by atoms with Crippen molar-refractivity contribution in [3.63, 3.8) is 0 Å². The van der Waals surface area contributed by atoms with E-state index in [1.807, 2.05) is 20.0 Å². The van der Waals surface area contributed by atoms with Crippen LogP contribution in [0, 0.1) is 5.82 Å². The number of halogens is 1. The number of para-hydroxylation sites is 1. The van der Waals surface area contributed by atoms with Crippen molar-refractivity contribution >= 4 is 0 Å². The summed E-state index contributed by atoms with van der Waals surface area (Å²) in [5, 5.41) is 2.99. The Balaban J connectivity index is 2.50. The first-order valence-electron chi connectivity index (χ1n) is 5.92. The highest BCUT2D eigenvalue weighted by Crippen LogP contribution is 2.22. The van der Waals surface area contributed by atoms with E-state index in [0.717, 1.165) is 12.0 Å². The first kappa shape index (κ1) is 13.9. The van der Waals surface area contributed by atoms with Gasteiger partial charge in [0.2, 0.25) is 0 Å². The molecule has 0 fully saturated rings. The Kier molecular flexibility index (Phi) is 6.58. The molecule has 1 aromatic rings. The zero-order valence-electron chi connectivity index (χ0n) is 10.5. The van der Waals surface area contributed by atoms with E-state index in [1.165, 1.54) is 6.07 Å². The van der Waals surface area contributed by atoms with Gasteiger partial charge >= 0.3 is 0 Å². The van der Waals surface area contributed by atoms with Gasteiger partial charge in [-0.05, 0) is 20.0 Å². The molecule has 0 aromatic heterocycles. The van der Waals surface area contributed by atoms with Gasteiger partial charge in [0, 0.05) is 31.7 Å². The number of ether oxygens (including phenoxy) is 2. The second-order valence-corrected chi connectivity index (χ2v) is 3.66. The van der Waals surface area contributed by atoms with Crippen LogP contribution in [0.25, 0.3) is 0 Å². The molecular formula is C13H20FNO2. The number of hydrogen-bond donors (Lipinski definition) is 1. The lowest BCUT2D eigenvalue weighted by molar-refractivity contribution is 0.130. The molecule has 1 rings (SSSR count). The quantitative estimate of drug-likeness (QED) is 0.709. The fraction of sp³-hybridized carbons (Fsp3) is 0.538. The number of benzene rings is 1. The Morgan fingerprint density at radius 1 is 1.29 bits per heavy atom. The van der Waals surface area contributed by atoms with Crippen LogP contribution in [0.15, 0.2) is 18.2 Å². The lowest BCUT2D eigenvalue weighted by Gasteiger charge is -2.12. The van der Waals surface area contributed by atoms with Crippen LogP contribution >= 0.6 is 0 Å². The third kappa shape index (κ3) is 4.71. The molecular weight excluding hydrogens is 221 g/mol. The van der Waals surface area contributed by atoms with Crippen LogP contribution in [0.4, 0.5) is 4.39 Å². The van der Waals surface area contributed by atoms with E-state index in [0.29, 0.717) is 32.1 Å². The van der Waals surface area contributed by atoms with Gasteiger partial charge in [0.05, 0.1) is 6.61 Å². The van der Waals surface area contributed by atoms with Gasteiger partial charge in [-0.2, -0.15) is 0 Å². The Labute approximate surface area is 102 Å². The minimum atomic E-state index is -0.311. The standard InChI is InChI=1S/C13H20FNO2/c1-3-16-8-5-9-17-13-11(10-15-2)6-4-7-12(13)14/h4,6-7,15H,3,5,8-10H2,1-2H3. The molecule has 0 spiro atoms. The highest BCUT2D eigenvalue weighted by atomic mass is 19.1. The van der Waals surface area contributed by atoms with Crippen molar-refractivity contribution in [1.82, 2.24) is 5.32 Å². The molecule has 0 aliphatic carbocycles. The van der Waals surface area contributed by atoms with Crippen LogP contribution in [-0.4, -0.2) is 26.9 Å². The fourth-order valence-electron chi connectivity index (χ4n) is 1.52. The number of rotatable bonds is 8. The van der Waals surface area contributed by atoms with E-state index in [2.05, 4.69) is 5.32 Å². The lowest BCUT2D eigenvalue weighted by atomic mass is 10.2. The number of hydrogen-bond acceptors (Lipinski definition) is 3. The summed E-state index contributed by atoms with van der Waals surface area (Å²) >= 11 is 0. The molecule has 0 aliphatic rings. The molecule has 0 saturated carbocycles. The van der Waals surface area contributed by atoms with Crippen molar-refractivity contribution in [2.75, 3.05) is 26.9 Å². The molecule has 0 radical (unpaired) electrons. The number of nitrogens with one attached hydrogen (secondary N) is 1. The minimum Gasteiger partial charge on any atom is -0.490 e. The third-order valence-electron chi connectivity index (χ3n) is 2.30. The molecule has 0 amide bonds. The summed E-state index contributed by atoms with van der Waals surface area (Å²) in [5.41, 5.74) is 0.837. The predicted octanol–water partition coefficient (Wildman–Crippen LogP) is 2.35. The average molecular weight is 241 g/mol.